The molecule has 1 heterocycles. The molecule has 0 amide bonds. The molecular weight excluding hydrogens is 336 g/mol. The molecule has 1 nitrogen and oxygen atoms in total. The lowest BCUT2D eigenvalue weighted by Gasteiger charge is -2.45. The Morgan fingerprint density at radius 1 is 0.731 bits per heavy atom. The quantitative estimate of drug-likeness (QED) is 0.446. The van der Waals surface area contributed by atoms with Crippen LogP contribution in [0.3, 0.4) is 0 Å². The molecular formula is C24H35OS+. The van der Waals surface area contributed by atoms with Crippen molar-refractivity contribution in [1.82, 2.24) is 0 Å². The average molecular weight is 372 g/mol. The Morgan fingerprint density at radius 2 is 1.23 bits per heavy atom. The van der Waals surface area contributed by atoms with Crippen molar-refractivity contribution in [3.05, 3.63) is 35.9 Å². The first-order valence-corrected chi connectivity index (χ1v) is 12.7. The highest BCUT2D eigenvalue weighted by Gasteiger charge is 2.63. The molecule has 1 aromatic carbocycles. The predicted molar refractivity (Wildman–Crippen MR) is 113 cm³/mol. The van der Waals surface area contributed by atoms with Crippen molar-refractivity contribution in [1.29, 1.82) is 0 Å². The first kappa shape index (κ1) is 18.6. The van der Waals surface area contributed by atoms with Gasteiger partial charge in [0, 0.05) is 28.3 Å². The Labute approximate surface area is 162 Å². The molecule has 0 atom stereocenters. The predicted octanol–water partition coefficient (Wildman–Crippen LogP) is 6.18. The van der Waals surface area contributed by atoms with E-state index in [9.17, 15) is 4.79 Å². The van der Waals surface area contributed by atoms with Gasteiger partial charge in [0.2, 0.25) is 5.78 Å². The summed E-state index contributed by atoms with van der Waals surface area (Å²) in [5.41, 5.74) is 1.00. The summed E-state index contributed by atoms with van der Waals surface area (Å²) < 4.78 is -0.0291. The highest BCUT2D eigenvalue weighted by Crippen LogP contribution is 2.51. The van der Waals surface area contributed by atoms with Gasteiger partial charge in [-0.25, -0.2) is 0 Å². The monoisotopic (exact) mass is 371 g/mol. The van der Waals surface area contributed by atoms with E-state index >= 15 is 0 Å². The molecule has 0 aromatic heterocycles. The normalized spacial score (nSPS) is 24.0. The van der Waals surface area contributed by atoms with Gasteiger partial charge in [-0.15, -0.1) is 0 Å². The summed E-state index contributed by atoms with van der Waals surface area (Å²) in [5.74, 6) is 4.49. The summed E-state index contributed by atoms with van der Waals surface area (Å²) >= 11 is 0. The maximum atomic E-state index is 14.3. The average Bonchev–Trinajstić information content (AvgIpc) is 3.26. The van der Waals surface area contributed by atoms with Crippen molar-refractivity contribution < 1.29 is 4.79 Å². The molecule has 3 aliphatic rings. The maximum absolute atomic E-state index is 14.3. The van der Waals surface area contributed by atoms with Crippen molar-refractivity contribution in [2.75, 3.05) is 11.5 Å². The van der Waals surface area contributed by atoms with Crippen LogP contribution in [0.5, 0.6) is 0 Å². The lowest BCUT2D eigenvalue weighted by Crippen LogP contribution is -2.59. The van der Waals surface area contributed by atoms with Gasteiger partial charge in [-0.3, -0.25) is 4.79 Å². The van der Waals surface area contributed by atoms with E-state index in [-0.39, 0.29) is 4.75 Å². The van der Waals surface area contributed by atoms with Gasteiger partial charge in [0.25, 0.3) is 0 Å². The third-order valence-corrected chi connectivity index (χ3v) is 10.7. The molecule has 4 rings (SSSR count). The van der Waals surface area contributed by atoms with E-state index in [1.807, 2.05) is 0 Å². The summed E-state index contributed by atoms with van der Waals surface area (Å²) in [7, 11) is 0.301. The summed E-state index contributed by atoms with van der Waals surface area (Å²) in [5, 5.41) is 0. The lowest BCUT2D eigenvalue weighted by molar-refractivity contribution is 0.0780. The molecule has 3 fully saturated rings. The molecule has 0 radical (unpaired) electrons. The van der Waals surface area contributed by atoms with E-state index in [4.69, 9.17) is 0 Å². The van der Waals surface area contributed by atoms with Crippen LogP contribution in [0.1, 0.15) is 87.4 Å². The molecule has 0 spiro atoms. The van der Waals surface area contributed by atoms with E-state index in [1.54, 1.807) is 0 Å². The van der Waals surface area contributed by atoms with E-state index < -0.39 is 0 Å². The Bertz CT molecular complexity index is 559. The van der Waals surface area contributed by atoms with Crippen LogP contribution in [0, 0.1) is 11.8 Å². The van der Waals surface area contributed by atoms with Crippen LogP contribution in [-0.4, -0.2) is 22.0 Å². The first-order valence-electron chi connectivity index (χ1n) is 11.1. The van der Waals surface area contributed by atoms with Crippen molar-refractivity contribution >= 4 is 16.7 Å². The van der Waals surface area contributed by atoms with Crippen LogP contribution >= 0.6 is 0 Å². The first-order chi connectivity index (χ1) is 12.8. The Morgan fingerprint density at radius 3 is 1.73 bits per heavy atom. The number of benzene rings is 1. The zero-order valence-electron chi connectivity index (χ0n) is 16.3. The molecule has 26 heavy (non-hydrogen) atoms. The van der Waals surface area contributed by atoms with Gasteiger partial charge in [0.15, 0.2) is 4.75 Å². The minimum absolute atomic E-state index is 0.0291. The molecule has 0 N–H and O–H groups in total. The van der Waals surface area contributed by atoms with Crippen molar-refractivity contribution in [2.45, 2.75) is 81.8 Å². The second-order valence-corrected chi connectivity index (χ2v) is 11.2. The molecule has 1 saturated heterocycles. The van der Waals surface area contributed by atoms with Crippen LogP contribution in [0.2, 0.25) is 0 Å². The number of Topliss-reactive ketones (excluding diaryl/α,β-unsaturated/α-hetero) is 1. The summed E-state index contributed by atoms with van der Waals surface area (Å²) in [6, 6.07) is 10.4. The fourth-order valence-electron chi connectivity index (χ4n) is 6.18. The summed E-state index contributed by atoms with van der Waals surface area (Å²) in [6.07, 6.45) is 16.1. The number of ketones is 1. The Hall–Kier alpha value is -0.760. The van der Waals surface area contributed by atoms with Gasteiger partial charge >= 0.3 is 0 Å². The van der Waals surface area contributed by atoms with E-state index in [0.29, 0.717) is 28.5 Å². The van der Waals surface area contributed by atoms with Gasteiger partial charge < -0.3 is 0 Å². The lowest BCUT2D eigenvalue weighted by atomic mass is 9.66. The Kier molecular flexibility index (Phi) is 6.08. The molecule has 2 saturated carbocycles. The molecule has 142 valence electrons. The largest absolute Gasteiger partial charge is 0.288 e. The van der Waals surface area contributed by atoms with Crippen LogP contribution < -0.4 is 0 Å². The second-order valence-electron chi connectivity index (χ2n) is 8.77. The minimum atomic E-state index is -0.0291. The molecule has 1 aromatic rings. The number of carbonyl (C=O) groups is 1. The number of rotatable bonds is 5. The zero-order valence-corrected chi connectivity index (χ0v) is 17.1. The van der Waals surface area contributed by atoms with Crippen molar-refractivity contribution in [3.8, 4) is 0 Å². The van der Waals surface area contributed by atoms with Gasteiger partial charge in [0.1, 0.15) is 11.5 Å². The van der Waals surface area contributed by atoms with Gasteiger partial charge in [-0.1, -0.05) is 68.9 Å². The third kappa shape index (κ3) is 3.39. The van der Waals surface area contributed by atoms with E-state index in [0.717, 1.165) is 5.56 Å². The minimum Gasteiger partial charge on any atom is -0.288 e. The number of carbonyl (C=O) groups excluding carboxylic acids is 1. The second kappa shape index (κ2) is 8.50. The third-order valence-electron chi connectivity index (χ3n) is 7.32. The zero-order chi connectivity index (χ0) is 17.8. The van der Waals surface area contributed by atoms with Gasteiger partial charge in [-0.2, -0.15) is 0 Å². The van der Waals surface area contributed by atoms with Crippen LogP contribution in [0.15, 0.2) is 30.3 Å². The van der Waals surface area contributed by atoms with E-state index in [1.165, 1.54) is 88.6 Å². The van der Waals surface area contributed by atoms with Crippen molar-refractivity contribution in [2.24, 2.45) is 11.8 Å². The molecule has 1 aliphatic heterocycles. The van der Waals surface area contributed by atoms with Crippen molar-refractivity contribution in [3.63, 3.8) is 0 Å². The topological polar surface area (TPSA) is 17.1 Å². The molecule has 0 bridgehead atoms. The Balaban J connectivity index is 1.79. The summed E-state index contributed by atoms with van der Waals surface area (Å²) in [6.45, 7) is 0. The molecule has 2 heteroatoms. The standard InChI is InChI=1S/C24H35OS/c25-23(20-12-4-1-5-13-20)24(26-18-10-11-19-26,21-14-6-2-7-15-21)22-16-8-3-9-17-22/h1,4-5,12-13,21-22H,2-3,6-11,14-19H2/q+1. The fourth-order valence-corrected chi connectivity index (χ4v) is 9.96. The van der Waals surface area contributed by atoms with Gasteiger partial charge in [-0.05, 0) is 38.5 Å². The van der Waals surface area contributed by atoms with Crippen LogP contribution in [-0.2, 0) is 10.9 Å². The number of hydrogen-bond acceptors (Lipinski definition) is 1. The van der Waals surface area contributed by atoms with Crippen LogP contribution in [0.4, 0.5) is 0 Å². The SMILES string of the molecule is O=C(c1ccccc1)C(C1CCCCC1)(C1CCCCC1)[S+]1CCCC1. The number of hydrogen-bond donors (Lipinski definition) is 0. The fraction of sp³-hybridized carbons (Fsp3) is 0.708. The molecule has 0 unspecified atom stereocenters. The van der Waals surface area contributed by atoms with E-state index in [2.05, 4.69) is 30.3 Å². The summed E-state index contributed by atoms with van der Waals surface area (Å²) in [4.78, 5) is 14.3. The highest BCUT2D eigenvalue weighted by molar-refractivity contribution is 7.99. The molecule has 2 aliphatic carbocycles. The maximum Gasteiger partial charge on any atom is 0.218 e. The smallest absolute Gasteiger partial charge is 0.218 e. The van der Waals surface area contributed by atoms with Crippen LogP contribution in [0.25, 0.3) is 0 Å². The van der Waals surface area contributed by atoms with Gasteiger partial charge in [0.05, 0.1) is 0 Å². The highest BCUT2D eigenvalue weighted by atomic mass is 32.2.